The molecule has 0 aliphatic carbocycles. The number of carbonyl (C=O) groups is 1. The van der Waals surface area contributed by atoms with Gasteiger partial charge in [-0.05, 0) is 0 Å². The normalized spacial score (nSPS) is 16.1. The minimum atomic E-state index is -0.00934. The third-order valence-electron chi connectivity index (χ3n) is 5.42. The Bertz CT molecular complexity index is 1260. The van der Waals surface area contributed by atoms with E-state index in [1.807, 2.05) is 47.5 Å². The number of nitrogens with zero attached hydrogens (tertiary/aromatic N) is 5. The number of amides is 1. The number of rotatable bonds is 4. The molecule has 1 aliphatic heterocycles. The Labute approximate surface area is 188 Å². The molecule has 5 rings (SSSR count). The summed E-state index contributed by atoms with van der Waals surface area (Å²) in [4.78, 5) is 24.4. The van der Waals surface area contributed by atoms with Crippen LogP contribution in [0.2, 0.25) is 4.71 Å². The molecule has 31 heavy (non-hydrogen) atoms. The Morgan fingerprint density at radius 1 is 1.13 bits per heavy atom. The van der Waals surface area contributed by atoms with Crippen molar-refractivity contribution >= 4 is 28.4 Å². The number of hydrogen-bond acceptors (Lipinski definition) is 5. The fraction of sp³-hybridized carbons (Fsp3) is 0.217. The summed E-state index contributed by atoms with van der Waals surface area (Å²) in [6.45, 7) is 1.51. The van der Waals surface area contributed by atoms with Crippen LogP contribution in [-0.4, -0.2) is 67.4 Å². The van der Waals surface area contributed by atoms with Gasteiger partial charge in [-0.15, -0.1) is 0 Å². The van der Waals surface area contributed by atoms with Crippen molar-refractivity contribution in [1.82, 2.24) is 24.5 Å². The molecule has 1 fully saturated rings. The van der Waals surface area contributed by atoms with Gasteiger partial charge < -0.3 is 0 Å². The Kier molecular flexibility index (Phi) is 5.20. The van der Waals surface area contributed by atoms with Gasteiger partial charge in [0.2, 0.25) is 0 Å². The van der Waals surface area contributed by atoms with E-state index < -0.39 is 0 Å². The molecule has 0 saturated carbocycles. The summed E-state index contributed by atoms with van der Waals surface area (Å²) in [5.41, 5.74) is 4.46. The fourth-order valence-electron chi connectivity index (χ4n) is 3.80. The van der Waals surface area contributed by atoms with Crippen LogP contribution in [0.1, 0.15) is 16.8 Å². The Morgan fingerprint density at radius 2 is 1.97 bits per heavy atom. The molecule has 1 saturated heterocycles. The third kappa shape index (κ3) is 3.81. The summed E-state index contributed by atoms with van der Waals surface area (Å²) in [5, 5.41) is 4.42. The van der Waals surface area contributed by atoms with E-state index in [0.29, 0.717) is 27.5 Å². The molecule has 8 heteroatoms. The Balaban J connectivity index is 1.58. The Morgan fingerprint density at radius 3 is 2.71 bits per heavy atom. The predicted octanol–water partition coefficient (Wildman–Crippen LogP) is 3.27. The summed E-state index contributed by atoms with van der Waals surface area (Å²) in [6.07, 6.45) is 4.61. The second-order valence-corrected chi connectivity index (χ2v) is 9.01. The molecule has 1 amide bonds. The van der Waals surface area contributed by atoms with Gasteiger partial charge in [-0.2, -0.15) is 0 Å². The first kappa shape index (κ1) is 19.8. The number of carbonyl (C=O) groups excluding carboxylic acids is 1. The fourth-order valence-corrected chi connectivity index (χ4v) is 4.46. The van der Waals surface area contributed by atoms with Crippen LogP contribution >= 0.6 is 0 Å². The van der Waals surface area contributed by atoms with E-state index in [1.165, 1.54) is 0 Å². The number of likely N-dealkylation sites (tertiary alicyclic amines) is 1. The minimum absolute atomic E-state index is 0.00934. The number of fused-ring (bicyclic) bond motifs is 1. The van der Waals surface area contributed by atoms with E-state index in [-0.39, 0.29) is 5.91 Å². The number of methoxy groups -OCH3 is 1. The van der Waals surface area contributed by atoms with Gasteiger partial charge in [0.25, 0.3) is 0 Å². The molecule has 0 unspecified atom stereocenters. The topological polar surface area (TPSA) is 72.6 Å². The van der Waals surface area contributed by atoms with Crippen LogP contribution in [0.4, 0.5) is 0 Å². The first-order valence-corrected chi connectivity index (χ1v) is 11.1. The zero-order chi connectivity index (χ0) is 21.4. The van der Waals surface area contributed by atoms with E-state index in [9.17, 15) is 4.79 Å². The van der Waals surface area contributed by atoms with Gasteiger partial charge in [0.05, 0.1) is 0 Å². The van der Waals surface area contributed by atoms with Crippen molar-refractivity contribution in [3.63, 3.8) is 0 Å². The number of hydrogen-bond donors (Lipinski definition) is 0. The summed E-state index contributed by atoms with van der Waals surface area (Å²) in [5.74, 6) is 0.382. The second kappa shape index (κ2) is 8.16. The monoisotopic (exact) mass is 473 g/mol. The average molecular weight is 473 g/mol. The average Bonchev–Trinajstić information content (AvgIpc) is 3.44. The molecule has 0 N–H and O–H groups in total. The van der Waals surface area contributed by atoms with Crippen LogP contribution in [0.15, 0.2) is 60.9 Å². The zero-order valence-corrected chi connectivity index (χ0v) is 18.8. The number of pyridine rings is 1. The summed E-state index contributed by atoms with van der Waals surface area (Å²) >= 11 is 2.64. The molecule has 4 heterocycles. The van der Waals surface area contributed by atoms with Crippen molar-refractivity contribution in [1.29, 1.82) is 0 Å². The number of benzene rings is 1. The number of ether oxygens (including phenoxy) is 1. The maximum atomic E-state index is 13.1. The van der Waals surface area contributed by atoms with Crippen LogP contribution in [0.5, 0.6) is 5.88 Å². The van der Waals surface area contributed by atoms with E-state index in [1.54, 1.807) is 30.0 Å². The van der Waals surface area contributed by atoms with E-state index in [0.717, 1.165) is 36.3 Å². The van der Waals surface area contributed by atoms with Crippen molar-refractivity contribution in [2.24, 2.45) is 0 Å². The molecule has 2 radical (unpaired) electrons. The third-order valence-corrected chi connectivity index (χ3v) is 6.31. The molecule has 0 spiro atoms. The van der Waals surface area contributed by atoms with Gasteiger partial charge in [-0.1, -0.05) is 30.3 Å². The van der Waals surface area contributed by atoms with Crippen molar-refractivity contribution in [2.75, 3.05) is 20.2 Å². The first-order valence-electron chi connectivity index (χ1n) is 10.1. The van der Waals surface area contributed by atoms with Gasteiger partial charge >= 0.3 is 158 Å². The molecular weight excluding hydrogens is 453 g/mol. The van der Waals surface area contributed by atoms with E-state index in [4.69, 9.17) is 9.72 Å². The molecule has 4 aromatic rings. The zero-order valence-electron chi connectivity index (χ0n) is 17.0. The molecule has 154 valence electrons. The quantitative estimate of drug-likeness (QED) is 0.426. The molecule has 0 bridgehead atoms. The van der Waals surface area contributed by atoms with Crippen molar-refractivity contribution in [2.45, 2.75) is 11.1 Å². The standard InChI is InChI=1S/C23H20AsN5O2/c1-31-21-12-16(23(30)28-9-7-17(24)14-28)11-20(26-21)18-13-25-29-10-8-19(27-22(18)29)15-5-3-2-4-6-15/h2-6,8,10-13,17H,7,9,14H2,1H3/t17-/m0/s1. The Hall–Kier alpha value is -3.18. The van der Waals surface area contributed by atoms with Crippen molar-refractivity contribution in [3.8, 4) is 28.4 Å². The van der Waals surface area contributed by atoms with Crippen LogP contribution in [0.25, 0.3) is 28.2 Å². The van der Waals surface area contributed by atoms with Crippen LogP contribution < -0.4 is 4.74 Å². The second-order valence-electron chi connectivity index (χ2n) is 7.48. The van der Waals surface area contributed by atoms with Crippen LogP contribution in [-0.2, 0) is 0 Å². The molecule has 7 nitrogen and oxygen atoms in total. The van der Waals surface area contributed by atoms with Crippen molar-refractivity contribution in [3.05, 3.63) is 66.5 Å². The van der Waals surface area contributed by atoms with E-state index >= 15 is 0 Å². The van der Waals surface area contributed by atoms with Gasteiger partial charge in [0.1, 0.15) is 0 Å². The maximum absolute atomic E-state index is 13.1. The molecular formula is C23H20AsN5O2. The van der Waals surface area contributed by atoms with Gasteiger partial charge in [-0.3, -0.25) is 0 Å². The van der Waals surface area contributed by atoms with E-state index in [2.05, 4.69) is 26.9 Å². The van der Waals surface area contributed by atoms with Crippen molar-refractivity contribution < 1.29 is 9.53 Å². The molecule has 1 aromatic carbocycles. The molecule has 1 aliphatic rings. The summed E-state index contributed by atoms with van der Waals surface area (Å²) < 4.78 is 7.57. The SMILES string of the molecule is COc1cc(C(=O)N2CC[C@H]([As])C2)cc(-c2cnn3ccc(-c4ccccc4)nc23)n1. The number of aromatic nitrogens is 4. The van der Waals surface area contributed by atoms with Gasteiger partial charge in [0.15, 0.2) is 0 Å². The summed E-state index contributed by atoms with van der Waals surface area (Å²) in [7, 11) is 1.55. The van der Waals surface area contributed by atoms with Crippen LogP contribution in [0, 0.1) is 0 Å². The predicted molar refractivity (Wildman–Crippen MR) is 118 cm³/mol. The van der Waals surface area contributed by atoms with Gasteiger partial charge in [-0.25, -0.2) is 0 Å². The first-order chi connectivity index (χ1) is 15.1. The van der Waals surface area contributed by atoms with Crippen LogP contribution in [0.3, 0.4) is 0 Å². The molecule has 1 atom stereocenters. The molecule has 3 aromatic heterocycles. The summed E-state index contributed by atoms with van der Waals surface area (Å²) in [6, 6.07) is 15.4. The van der Waals surface area contributed by atoms with Gasteiger partial charge in [0, 0.05) is 0 Å².